The summed E-state index contributed by atoms with van der Waals surface area (Å²) in [6.45, 7) is 1.54. The highest BCUT2D eigenvalue weighted by Gasteiger charge is 2.15. The van der Waals surface area contributed by atoms with Crippen LogP contribution in [0.15, 0.2) is 48.5 Å². The van der Waals surface area contributed by atoms with Crippen molar-refractivity contribution in [1.82, 2.24) is 5.32 Å². The van der Waals surface area contributed by atoms with Crippen LogP contribution in [-0.4, -0.2) is 7.05 Å². The van der Waals surface area contributed by atoms with Crippen molar-refractivity contribution >= 4 is 0 Å². The summed E-state index contributed by atoms with van der Waals surface area (Å²) in [5, 5.41) is 3.45. The summed E-state index contributed by atoms with van der Waals surface area (Å²) in [5.41, 5.74) is 5.51. The van der Waals surface area contributed by atoms with Crippen LogP contribution in [0.4, 0.5) is 0 Å². The molecule has 0 bridgehead atoms. The van der Waals surface area contributed by atoms with Crippen LogP contribution in [0.3, 0.4) is 0 Å². The fourth-order valence-corrected chi connectivity index (χ4v) is 3.04. The van der Waals surface area contributed by atoms with Gasteiger partial charge in [-0.2, -0.15) is 0 Å². The molecule has 2 aromatic carbocycles. The zero-order valence-electron chi connectivity index (χ0n) is 12.6. The van der Waals surface area contributed by atoms with Gasteiger partial charge in [-0.05, 0) is 48.6 Å². The van der Waals surface area contributed by atoms with Crippen LogP contribution in [0.2, 0.25) is 0 Å². The van der Waals surface area contributed by atoms with Gasteiger partial charge in [0.15, 0.2) is 0 Å². The molecular weight excluding hydrogens is 258 g/mol. The summed E-state index contributed by atoms with van der Waals surface area (Å²) in [5.74, 6) is 0. The molecule has 1 unspecified atom stereocenters. The molecule has 2 nitrogen and oxygen atoms in total. The number of rotatable bonds is 6. The Morgan fingerprint density at radius 1 is 1.05 bits per heavy atom. The predicted octanol–water partition coefficient (Wildman–Crippen LogP) is 4.00. The van der Waals surface area contributed by atoms with Crippen LogP contribution < -0.4 is 5.32 Å². The minimum Gasteiger partial charge on any atom is -0.372 e. The molecule has 0 radical (unpaired) electrons. The SMILES string of the molecule is CNC(CCCc1ccccc1)c1ccc2c(c1)COC2. The first-order chi connectivity index (χ1) is 10.4. The van der Waals surface area contributed by atoms with Gasteiger partial charge in [0.2, 0.25) is 0 Å². The van der Waals surface area contributed by atoms with E-state index in [2.05, 4.69) is 60.9 Å². The normalized spacial score (nSPS) is 14.9. The van der Waals surface area contributed by atoms with Crippen LogP contribution in [0.25, 0.3) is 0 Å². The summed E-state index contributed by atoms with van der Waals surface area (Å²) < 4.78 is 5.50. The van der Waals surface area contributed by atoms with E-state index >= 15 is 0 Å². The molecule has 110 valence electrons. The second-order valence-corrected chi connectivity index (χ2v) is 5.74. The molecule has 0 fully saturated rings. The maximum Gasteiger partial charge on any atom is 0.0725 e. The molecule has 2 heteroatoms. The van der Waals surface area contributed by atoms with E-state index < -0.39 is 0 Å². The Balaban J connectivity index is 1.60. The van der Waals surface area contributed by atoms with Crippen molar-refractivity contribution in [1.29, 1.82) is 0 Å². The van der Waals surface area contributed by atoms with Crippen molar-refractivity contribution in [2.45, 2.75) is 38.5 Å². The first-order valence-corrected chi connectivity index (χ1v) is 7.77. The largest absolute Gasteiger partial charge is 0.372 e. The van der Waals surface area contributed by atoms with Crippen LogP contribution >= 0.6 is 0 Å². The Hall–Kier alpha value is -1.64. The smallest absolute Gasteiger partial charge is 0.0725 e. The number of fused-ring (bicyclic) bond motifs is 1. The van der Waals surface area contributed by atoms with Crippen LogP contribution in [0.1, 0.15) is 41.1 Å². The van der Waals surface area contributed by atoms with Crippen molar-refractivity contribution in [3.63, 3.8) is 0 Å². The molecular formula is C19H23NO. The van der Waals surface area contributed by atoms with Gasteiger partial charge in [0.25, 0.3) is 0 Å². The molecule has 3 rings (SSSR count). The van der Waals surface area contributed by atoms with Gasteiger partial charge < -0.3 is 10.1 Å². The Bertz CT molecular complexity index is 579. The van der Waals surface area contributed by atoms with Crippen LogP contribution in [0, 0.1) is 0 Å². The van der Waals surface area contributed by atoms with E-state index in [-0.39, 0.29) is 0 Å². The van der Waals surface area contributed by atoms with E-state index in [4.69, 9.17) is 4.74 Å². The lowest BCUT2D eigenvalue weighted by Gasteiger charge is -2.17. The number of hydrogen-bond donors (Lipinski definition) is 1. The topological polar surface area (TPSA) is 21.3 Å². The highest BCUT2D eigenvalue weighted by molar-refractivity contribution is 5.34. The maximum absolute atomic E-state index is 5.50. The lowest BCUT2D eigenvalue weighted by molar-refractivity contribution is 0.134. The second kappa shape index (κ2) is 6.88. The number of hydrogen-bond acceptors (Lipinski definition) is 2. The van der Waals surface area contributed by atoms with Crippen LogP contribution in [0.5, 0.6) is 0 Å². The molecule has 0 aromatic heterocycles. The van der Waals surface area contributed by atoms with E-state index in [1.54, 1.807) is 0 Å². The van der Waals surface area contributed by atoms with Crippen molar-refractivity contribution < 1.29 is 4.74 Å². The maximum atomic E-state index is 5.50. The van der Waals surface area contributed by atoms with Crippen molar-refractivity contribution in [2.24, 2.45) is 0 Å². The number of aryl methyl sites for hydroxylation is 1. The highest BCUT2D eigenvalue weighted by Crippen LogP contribution is 2.26. The lowest BCUT2D eigenvalue weighted by atomic mass is 9.96. The van der Waals surface area contributed by atoms with E-state index in [9.17, 15) is 0 Å². The molecule has 1 atom stereocenters. The average molecular weight is 281 g/mol. The monoisotopic (exact) mass is 281 g/mol. The van der Waals surface area contributed by atoms with Gasteiger partial charge in [-0.1, -0.05) is 48.5 Å². The average Bonchev–Trinajstić information content (AvgIpc) is 3.00. The molecule has 2 aromatic rings. The summed E-state index contributed by atoms with van der Waals surface area (Å²) >= 11 is 0. The molecule has 1 aliphatic rings. The zero-order chi connectivity index (χ0) is 14.5. The zero-order valence-corrected chi connectivity index (χ0v) is 12.6. The summed E-state index contributed by atoms with van der Waals surface area (Å²) in [4.78, 5) is 0. The number of nitrogens with one attached hydrogen (secondary N) is 1. The van der Waals surface area contributed by atoms with Crippen molar-refractivity contribution in [2.75, 3.05) is 7.05 Å². The third kappa shape index (κ3) is 3.52. The number of ether oxygens (including phenoxy) is 1. The fourth-order valence-electron chi connectivity index (χ4n) is 3.04. The first-order valence-electron chi connectivity index (χ1n) is 7.77. The van der Waals surface area contributed by atoms with Gasteiger partial charge in [-0.25, -0.2) is 0 Å². The molecule has 0 spiro atoms. The Labute approximate surface area is 127 Å². The van der Waals surface area contributed by atoms with E-state index in [0.29, 0.717) is 6.04 Å². The molecule has 1 aliphatic heterocycles. The number of benzene rings is 2. The van der Waals surface area contributed by atoms with Gasteiger partial charge in [0.05, 0.1) is 13.2 Å². The standard InChI is InChI=1S/C19H23NO/c1-20-19(9-5-8-15-6-3-2-4-7-15)16-10-11-17-13-21-14-18(17)12-16/h2-4,6-7,10-12,19-20H,5,8-9,13-14H2,1H3. The quantitative estimate of drug-likeness (QED) is 0.864. The first kappa shape index (κ1) is 14.3. The summed E-state index contributed by atoms with van der Waals surface area (Å²) in [6.07, 6.45) is 3.50. The van der Waals surface area contributed by atoms with E-state index in [0.717, 1.165) is 26.1 Å². The van der Waals surface area contributed by atoms with Gasteiger partial charge in [-0.15, -0.1) is 0 Å². The summed E-state index contributed by atoms with van der Waals surface area (Å²) in [7, 11) is 2.05. The van der Waals surface area contributed by atoms with Crippen LogP contribution in [-0.2, 0) is 24.4 Å². The molecule has 0 aliphatic carbocycles. The third-order valence-electron chi connectivity index (χ3n) is 4.30. The minimum absolute atomic E-state index is 0.430. The molecule has 0 saturated carbocycles. The van der Waals surface area contributed by atoms with Crippen molar-refractivity contribution in [3.05, 3.63) is 70.8 Å². The molecule has 21 heavy (non-hydrogen) atoms. The Kier molecular flexibility index (Phi) is 4.69. The Morgan fingerprint density at radius 2 is 1.86 bits per heavy atom. The summed E-state index contributed by atoms with van der Waals surface area (Å²) in [6, 6.07) is 17.9. The highest BCUT2D eigenvalue weighted by atomic mass is 16.5. The molecule has 0 saturated heterocycles. The van der Waals surface area contributed by atoms with Gasteiger partial charge >= 0.3 is 0 Å². The van der Waals surface area contributed by atoms with Crippen molar-refractivity contribution in [3.8, 4) is 0 Å². The van der Waals surface area contributed by atoms with Gasteiger partial charge in [0.1, 0.15) is 0 Å². The van der Waals surface area contributed by atoms with Gasteiger partial charge in [0, 0.05) is 6.04 Å². The fraction of sp³-hybridized carbons (Fsp3) is 0.368. The predicted molar refractivity (Wildman–Crippen MR) is 86.1 cm³/mol. The second-order valence-electron chi connectivity index (χ2n) is 5.74. The minimum atomic E-state index is 0.430. The van der Waals surface area contributed by atoms with E-state index in [1.165, 1.54) is 28.7 Å². The Morgan fingerprint density at radius 3 is 2.67 bits per heavy atom. The van der Waals surface area contributed by atoms with E-state index in [1.807, 2.05) is 0 Å². The molecule has 1 N–H and O–H groups in total. The molecule has 1 heterocycles. The van der Waals surface area contributed by atoms with Gasteiger partial charge in [-0.3, -0.25) is 0 Å². The molecule has 0 amide bonds. The lowest BCUT2D eigenvalue weighted by Crippen LogP contribution is -2.16. The third-order valence-corrected chi connectivity index (χ3v) is 4.30.